The Morgan fingerprint density at radius 2 is 2.33 bits per heavy atom. The van der Waals surface area contributed by atoms with E-state index < -0.39 is 0 Å². The summed E-state index contributed by atoms with van der Waals surface area (Å²) >= 11 is 1.92. The van der Waals surface area contributed by atoms with Crippen LogP contribution in [0.2, 0.25) is 0 Å². The number of hydrogen-bond acceptors (Lipinski definition) is 3. The lowest BCUT2D eigenvalue weighted by Gasteiger charge is -2.04. The summed E-state index contributed by atoms with van der Waals surface area (Å²) in [6.07, 6.45) is 6.05. The molecule has 1 atom stereocenters. The largest absolute Gasteiger partial charge is 0.308 e. The van der Waals surface area contributed by atoms with Gasteiger partial charge in [-0.15, -0.1) is 11.3 Å². The summed E-state index contributed by atoms with van der Waals surface area (Å²) in [7, 11) is 0. The average Bonchev–Trinajstić information content (AvgIpc) is 2.84. The molecule has 3 heteroatoms. The number of aryl methyl sites for hydroxylation is 2. The zero-order valence-electron chi connectivity index (χ0n) is 9.68. The molecule has 1 aliphatic rings. The van der Waals surface area contributed by atoms with Crippen LogP contribution >= 0.6 is 11.3 Å². The highest BCUT2D eigenvalue weighted by Gasteiger charge is 2.21. The van der Waals surface area contributed by atoms with Crippen LogP contribution in [0.4, 0.5) is 0 Å². The minimum atomic E-state index is 0.547. The van der Waals surface area contributed by atoms with Gasteiger partial charge < -0.3 is 5.32 Å². The summed E-state index contributed by atoms with van der Waals surface area (Å²) in [6, 6.07) is 0.547. The molecule has 1 aliphatic heterocycles. The quantitative estimate of drug-likeness (QED) is 0.850. The van der Waals surface area contributed by atoms with Gasteiger partial charge in [0.05, 0.1) is 11.7 Å². The summed E-state index contributed by atoms with van der Waals surface area (Å²) in [5, 5.41) is 4.85. The van der Waals surface area contributed by atoms with E-state index in [0.29, 0.717) is 6.04 Å². The van der Waals surface area contributed by atoms with Crippen LogP contribution in [0.1, 0.15) is 54.7 Å². The van der Waals surface area contributed by atoms with E-state index in [2.05, 4.69) is 19.2 Å². The van der Waals surface area contributed by atoms with Crippen molar-refractivity contribution >= 4 is 11.3 Å². The smallest absolute Gasteiger partial charge is 0.110 e. The highest BCUT2D eigenvalue weighted by atomic mass is 32.1. The maximum Gasteiger partial charge on any atom is 0.110 e. The third-order valence-corrected chi connectivity index (χ3v) is 4.32. The first-order valence-corrected chi connectivity index (χ1v) is 6.88. The Balaban J connectivity index is 2.17. The summed E-state index contributed by atoms with van der Waals surface area (Å²) in [5.74, 6) is 0. The third-order valence-electron chi connectivity index (χ3n) is 2.96. The van der Waals surface area contributed by atoms with E-state index >= 15 is 0 Å². The van der Waals surface area contributed by atoms with Crippen LogP contribution in [0.15, 0.2) is 0 Å². The Morgan fingerprint density at radius 3 is 2.93 bits per heavy atom. The normalized spacial score (nSPS) is 21.1. The summed E-state index contributed by atoms with van der Waals surface area (Å²) in [4.78, 5) is 6.31. The van der Waals surface area contributed by atoms with Crippen LogP contribution in [0.3, 0.4) is 0 Å². The van der Waals surface area contributed by atoms with E-state index in [1.165, 1.54) is 34.8 Å². The topological polar surface area (TPSA) is 24.9 Å². The van der Waals surface area contributed by atoms with Crippen molar-refractivity contribution < 1.29 is 0 Å². The summed E-state index contributed by atoms with van der Waals surface area (Å²) in [6.45, 7) is 5.62. The van der Waals surface area contributed by atoms with Crippen molar-refractivity contribution in [3.63, 3.8) is 0 Å². The minimum absolute atomic E-state index is 0.547. The molecule has 0 amide bonds. The van der Waals surface area contributed by atoms with Gasteiger partial charge in [-0.25, -0.2) is 4.98 Å². The second kappa shape index (κ2) is 5.08. The lowest BCUT2D eigenvalue weighted by molar-refractivity contribution is 0.639. The molecule has 0 bridgehead atoms. The van der Waals surface area contributed by atoms with Crippen molar-refractivity contribution in [1.29, 1.82) is 0 Å². The van der Waals surface area contributed by atoms with Crippen molar-refractivity contribution in [1.82, 2.24) is 10.3 Å². The van der Waals surface area contributed by atoms with Gasteiger partial charge >= 0.3 is 0 Å². The van der Waals surface area contributed by atoms with Gasteiger partial charge in [0.25, 0.3) is 0 Å². The molecule has 1 aromatic heterocycles. The maximum atomic E-state index is 4.81. The van der Waals surface area contributed by atoms with E-state index in [1.54, 1.807) is 0 Å². The fourth-order valence-corrected chi connectivity index (χ4v) is 3.32. The number of nitrogens with zero attached hydrogens (tertiary/aromatic N) is 1. The van der Waals surface area contributed by atoms with Crippen molar-refractivity contribution in [2.75, 3.05) is 6.54 Å². The number of rotatable bonds is 4. The number of nitrogens with one attached hydrogen (secondary N) is 1. The zero-order chi connectivity index (χ0) is 10.7. The van der Waals surface area contributed by atoms with E-state index in [4.69, 9.17) is 4.98 Å². The second-order valence-electron chi connectivity index (χ2n) is 4.17. The Kier molecular flexibility index (Phi) is 3.76. The number of hydrogen-bond donors (Lipinski definition) is 1. The molecule has 1 N–H and O–H groups in total. The molecule has 1 fully saturated rings. The van der Waals surface area contributed by atoms with Crippen LogP contribution in [-0.2, 0) is 12.8 Å². The van der Waals surface area contributed by atoms with E-state index in [0.717, 1.165) is 19.4 Å². The van der Waals surface area contributed by atoms with Crippen LogP contribution in [-0.4, -0.2) is 11.5 Å². The molecule has 2 nitrogen and oxygen atoms in total. The van der Waals surface area contributed by atoms with Gasteiger partial charge in [-0.05, 0) is 32.2 Å². The summed E-state index contributed by atoms with van der Waals surface area (Å²) < 4.78 is 0. The van der Waals surface area contributed by atoms with Gasteiger partial charge in [-0.2, -0.15) is 0 Å². The standard InChI is InChI=1S/C12H20N2S/c1-3-6-9-11(4-2)15-12(14-9)10-7-5-8-13-10/h10,13H,3-8H2,1-2H3. The molecule has 0 radical (unpaired) electrons. The molecule has 0 aromatic carbocycles. The molecule has 0 spiro atoms. The van der Waals surface area contributed by atoms with Gasteiger partial charge in [-0.3, -0.25) is 0 Å². The van der Waals surface area contributed by atoms with E-state index in [9.17, 15) is 0 Å². The van der Waals surface area contributed by atoms with E-state index in [1.807, 2.05) is 11.3 Å². The predicted molar refractivity (Wildman–Crippen MR) is 65.5 cm³/mol. The van der Waals surface area contributed by atoms with Gasteiger partial charge in [0.1, 0.15) is 5.01 Å². The fraction of sp³-hybridized carbons (Fsp3) is 0.750. The lowest BCUT2D eigenvalue weighted by atomic mass is 10.2. The number of thiazole rings is 1. The first-order valence-electron chi connectivity index (χ1n) is 6.07. The van der Waals surface area contributed by atoms with E-state index in [-0.39, 0.29) is 0 Å². The lowest BCUT2D eigenvalue weighted by Crippen LogP contribution is -2.12. The Hall–Kier alpha value is -0.410. The molecule has 1 unspecified atom stereocenters. The van der Waals surface area contributed by atoms with Gasteiger partial charge in [0.2, 0.25) is 0 Å². The molecule has 84 valence electrons. The van der Waals surface area contributed by atoms with Gasteiger partial charge in [-0.1, -0.05) is 20.3 Å². The van der Waals surface area contributed by atoms with Crippen LogP contribution < -0.4 is 5.32 Å². The minimum Gasteiger partial charge on any atom is -0.308 e. The monoisotopic (exact) mass is 224 g/mol. The molecule has 2 heterocycles. The highest BCUT2D eigenvalue weighted by molar-refractivity contribution is 7.11. The molecule has 15 heavy (non-hydrogen) atoms. The number of aromatic nitrogens is 1. The Morgan fingerprint density at radius 1 is 1.47 bits per heavy atom. The van der Waals surface area contributed by atoms with Crippen molar-refractivity contribution in [2.24, 2.45) is 0 Å². The van der Waals surface area contributed by atoms with Crippen molar-refractivity contribution in [3.05, 3.63) is 15.6 Å². The third kappa shape index (κ3) is 2.40. The van der Waals surface area contributed by atoms with Crippen molar-refractivity contribution in [3.8, 4) is 0 Å². The zero-order valence-corrected chi connectivity index (χ0v) is 10.5. The first kappa shape index (κ1) is 11.1. The molecule has 1 aromatic rings. The molecule has 2 rings (SSSR count). The average molecular weight is 224 g/mol. The molecule has 0 aliphatic carbocycles. The molecule has 1 saturated heterocycles. The molecule has 0 saturated carbocycles. The van der Waals surface area contributed by atoms with Crippen molar-refractivity contribution in [2.45, 2.75) is 52.0 Å². The predicted octanol–water partition coefficient (Wildman–Crippen LogP) is 3.08. The SMILES string of the molecule is CCCc1nc(C2CCCN2)sc1CC. The Labute approximate surface area is 96.1 Å². The first-order chi connectivity index (χ1) is 7.35. The second-order valence-corrected chi connectivity index (χ2v) is 5.29. The van der Waals surface area contributed by atoms with Crippen LogP contribution in [0.5, 0.6) is 0 Å². The maximum absolute atomic E-state index is 4.81. The highest BCUT2D eigenvalue weighted by Crippen LogP contribution is 2.30. The van der Waals surface area contributed by atoms with Gasteiger partial charge in [0.15, 0.2) is 0 Å². The molecular formula is C12H20N2S. The van der Waals surface area contributed by atoms with Crippen LogP contribution in [0.25, 0.3) is 0 Å². The van der Waals surface area contributed by atoms with Gasteiger partial charge in [0, 0.05) is 4.88 Å². The molecular weight excluding hydrogens is 204 g/mol. The summed E-state index contributed by atoms with van der Waals surface area (Å²) in [5.41, 5.74) is 1.36. The van der Waals surface area contributed by atoms with Crippen LogP contribution in [0, 0.1) is 0 Å². The fourth-order valence-electron chi connectivity index (χ4n) is 2.16. The Bertz CT molecular complexity index is 313.